The second kappa shape index (κ2) is 9.54. The zero-order valence-corrected chi connectivity index (χ0v) is 14.1. The standard InChI is InChI=1S/C17H23NO6/c1-4-11-8-7-9-12(5-2)15(11)18-16(21)13(10-14(19)20)24-17(22)23-6-3/h7-9,13H,4-6,10H2,1-3H3,(H,18,21)(H,19,20). The number of para-hydroxylation sites is 1. The van der Waals surface area contributed by atoms with Gasteiger partial charge in [-0.1, -0.05) is 32.0 Å². The number of carboxylic acid groups (broad SMARTS) is 1. The van der Waals surface area contributed by atoms with Gasteiger partial charge in [0.1, 0.15) is 0 Å². The van der Waals surface area contributed by atoms with Crippen LogP contribution in [0.25, 0.3) is 0 Å². The summed E-state index contributed by atoms with van der Waals surface area (Å²) in [4.78, 5) is 34.8. The lowest BCUT2D eigenvalue weighted by Crippen LogP contribution is -2.35. The van der Waals surface area contributed by atoms with Gasteiger partial charge in [-0.25, -0.2) is 4.79 Å². The number of hydrogen-bond acceptors (Lipinski definition) is 5. The van der Waals surface area contributed by atoms with Gasteiger partial charge in [-0.15, -0.1) is 0 Å². The summed E-state index contributed by atoms with van der Waals surface area (Å²) < 4.78 is 9.44. The molecule has 0 heterocycles. The molecule has 0 aromatic heterocycles. The summed E-state index contributed by atoms with van der Waals surface area (Å²) in [6.07, 6.45) is -1.77. The normalized spacial score (nSPS) is 11.5. The predicted molar refractivity (Wildman–Crippen MR) is 88.0 cm³/mol. The number of anilines is 1. The molecule has 0 fully saturated rings. The highest BCUT2D eigenvalue weighted by molar-refractivity contribution is 5.98. The molecule has 0 aliphatic carbocycles. The SMILES string of the molecule is CCOC(=O)OC(CC(=O)O)C(=O)Nc1c(CC)cccc1CC. The largest absolute Gasteiger partial charge is 0.509 e. The molecule has 0 bridgehead atoms. The van der Waals surface area contributed by atoms with Gasteiger partial charge in [-0.05, 0) is 30.9 Å². The number of amides is 1. The molecule has 0 saturated carbocycles. The Bertz CT molecular complexity index is 576. The Hall–Kier alpha value is -2.57. The molecule has 0 spiro atoms. The zero-order valence-electron chi connectivity index (χ0n) is 14.1. The molecule has 7 heteroatoms. The van der Waals surface area contributed by atoms with Crippen molar-refractivity contribution >= 4 is 23.7 Å². The Balaban J connectivity index is 2.99. The first-order valence-electron chi connectivity index (χ1n) is 7.89. The Morgan fingerprint density at radius 1 is 1.12 bits per heavy atom. The molecule has 7 nitrogen and oxygen atoms in total. The quantitative estimate of drug-likeness (QED) is 0.707. The molecule has 24 heavy (non-hydrogen) atoms. The first kappa shape index (κ1) is 19.5. The minimum absolute atomic E-state index is 0.0683. The lowest BCUT2D eigenvalue weighted by molar-refractivity contribution is -0.143. The van der Waals surface area contributed by atoms with E-state index in [4.69, 9.17) is 9.84 Å². The van der Waals surface area contributed by atoms with Gasteiger partial charge in [0.2, 0.25) is 0 Å². The minimum atomic E-state index is -1.46. The van der Waals surface area contributed by atoms with Gasteiger partial charge in [0.05, 0.1) is 13.0 Å². The highest BCUT2D eigenvalue weighted by atomic mass is 16.7. The van der Waals surface area contributed by atoms with E-state index in [0.29, 0.717) is 18.5 Å². The van der Waals surface area contributed by atoms with Crippen LogP contribution in [0.1, 0.15) is 38.3 Å². The number of rotatable bonds is 8. The van der Waals surface area contributed by atoms with Crippen molar-refractivity contribution in [3.8, 4) is 0 Å². The van der Waals surface area contributed by atoms with Crippen molar-refractivity contribution in [3.63, 3.8) is 0 Å². The Labute approximate surface area is 141 Å². The molecular weight excluding hydrogens is 314 g/mol. The third-order valence-electron chi connectivity index (χ3n) is 3.40. The van der Waals surface area contributed by atoms with Crippen LogP contribution >= 0.6 is 0 Å². The Morgan fingerprint density at radius 3 is 2.17 bits per heavy atom. The van der Waals surface area contributed by atoms with Crippen LogP contribution in [0.4, 0.5) is 10.5 Å². The van der Waals surface area contributed by atoms with Crippen molar-refractivity contribution in [2.45, 2.75) is 46.1 Å². The highest BCUT2D eigenvalue weighted by Gasteiger charge is 2.27. The number of nitrogens with one attached hydrogen (secondary N) is 1. The summed E-state index contributed by atoms with van der Waals surface area (Å²) >= 11 is 0. The summed E-state index contributed by atoms with van der Waals surface area (Å²) in [5.74, 6) is -1.94. The maximum absolute atomic E-state index is 12.4. The number of carbonyl (C=O) groups excluding carboxylic acids is 2. The monoisotopic (exact) mass is 337 g/mol. The van der Waals surface area contributed by atoms with Crippen molar-refractivity contribution in [1.29, 1.82) is 0 Å². The van der Waals surface area contributed by atoms with Crippen molar-refractivity contribution in [2.24, 2.45) is 0 Å². The van der Waals surface area contributed by atoms with Crippen LogP contribution in [0.2, 0.25) is 0 Å². The van der Waals surface area contributed by atoms with E-state index in [-0.39, 0.29) is 6.61 Å². The lowest BCUT2D eigenvalue weighted by atomic mass is 10.0. The highest BCUT2D eigenvalue weighted by Crippen LogP contribution is 2.23. The van der Waals surface area contributed by atoms with Gasteiger partial charge >= 0.3 is 12.1 Å². The first-order valence-corrected chi connectivity index (χ1v) is 7.89. The molecule has 132 valence electrons. The molecule has 1 amide bonds. The fourth-order valence-corrected chi connectivity index (χ4v) is 2.22. The van der Waals surface area contributed by atoms with Gasteiger partial charge in [0.15, 0.2) is 6.10 Å². The minimum Gasteiger partial charge on any atom is -0.481 e. The van der Waals surface area contributed by atoms with Crippen molar-refractivity contribution < 1.29 is 29.0 Å². The summed E-state index contributed by atoms with van der Waals surface area (Å²) in [5, 5.41) is 11.6. The topological polar surface area (TPSA) is 102 Å². The number of ether oxygens (including phenoxy) is 2. The van der Waals surface area contributed by atoms with Crippen LogP contribution in [0.3, 0.4) is 0 Å². The number of benzene rings is 1. The molecule has 0 radical (unpaired) electrons. The van der Waals surface area contributed by atoms with E-state index in [2.05, 4.69) is 10.1 Å². The van der Waals surface area contributed by atoms with Crippen LogP contribution in [-0.4, -0.2) is 35.8 Å². The molecule has 1 aromatic rings. The van der Waals surface area contributed by atoms with Crippen LogP contribution in [-0.2, 0) is 31.9 Å². The van der Waals surface area contributed by atoms with Gasteiger partial charge in [0, 0.05) is 5.69 Å². The molecule has 1 rings (SSSR count). The molecule has 2 N–H and O–H groups in total. The summed E-state index contributed by atoms with van der Waals surface area (Å²) in [6, 6.07) is 5.66. The molecule has 0 aliphatic heterocycles. The van der Waals surface area contributed by atoms with Crippen LogP contribution in [0.5, 0.6) is 0 Å². The number of carbonyl (C=O) groups is 3. The summed E-state index contributed by atoms with van der Waals surface area (Å²) in [6.45, 7) is 5.56. The molecular formula is C17H23NO6. The van der Waals surface area contributed by atoms with E-state index in [0.717, 1.165) is 11.1 Å². The second-order valence-corrected chi connectivity index (χ2v) is 5.03. The maximum atomic E-state index is 12.4. The van der Waals surface area contributed by atoms with Gasteiger partial charge in [0.25, 0.3) is 5.91 Å². The van der Waals surface area contributed by atoms with Crippen molar-refractivity contribution in [1.82, 2.24) is 0 Å². The Morgan fingerprint density at radius 2 is 1.71 bits per heavy atom. The Kier molecular flexibility index (Phi) is 7.74. The number of aryl methyl sites for hydroxylation is 2. The van der Waals surface area contributed by atoms with Gasteiger partial charge < -0.3 is 19.9 Å². The van der Waals surface area contributed by atoms with E-state index in [1.807, 2.05) is 32.0 Å². The van der Waals surface area contributed by atoms with E-state index in [9.17, 15) is 14.4 Å². The molecule has 0 aliphatic rings. The zero-order chi connectivity index (χ0) is 18.1. The van der Waals surface area contributed by atoms with E-state index in [1.165, 1.54) is 0 Å². The van der Waals surface area contributed by atoms with Gasteiger partial charge in [-0.2, -0.15) is 0 Å². The summed E-state index contributed by atoms with van der Waals surface area (Å²) in [7, 11) is 0. The van der Waals surface area contributed by atoms with Gasteiger partial charge in [-0.3, -0.25) is 9.59 Å². The van der Waals surface area contributed by atoms with Crippen molar-refractivity contribution in [2.75, 3.05) is 11.9 Å². The average Bonchev–Trinajstić information content (AvgIpc) is 2.54. The van der Waals surface area contributed by atoms with E-state index < -0.39 is 30.6 Å². The number of carboxylic acids is 1. The average molecular weight is 337 g/mol. The second-order valence-electron chi connectivity index (χ2n) is 5.03. The molecule has 1 unspecified atom stereocenters. The smallest absolute Gasteiger partial charge is 0.481 e. The fourth-order valence-electron chi connectivity index (χ4n) is 2.22. The third kappa shape index (κ3) is 5.57. The van der Waals surface area contributed by atoms with Crippen molar-refractivity contribution in [3.05, 3.63) is 29.3 Å². The van der Waals surface area contributed by atoms with Crippen LogP contribution in [0, 0.1) is 0 Å². The van der Waals surface area contributed by atoms with Crippen LogP contribution < -0.4 is 5.32 Å². The summed E-state index contributed by atoms with van der Waals surface area (Å²) in [5.41, 5.74) is 2.48. The maximum Gasteiger partial charge on any atom is 0.509 e. The fraction of sp³-hybridized carbons (Fsp3) is 0.471. The molecule has 1 aromatic carbocycles. The molecule has 1 atom stereocenters. The number of hydrogen-bond donors (Lipinski definition) is 2. The first-order chi connectivity index (χ1) is 11.4. The number of aliphatic carboxylic acids is 1. The van der Waals surface area contributed by atoms with E-state index >= 15 is 0 Å². The van der Waals surface area contributed by atoms with E-state index in [1.54, 1.807) is 6.92 Å². The third-order valence-corrected chi connectivity index (χ3v) is 3.40. The van der Waals surface area contributed by atoms with Crippen LogP contribution in [0.15, 0.2) is 18.2 Å². The molecule has 0 saturated heterocycles. The lowest BCUT2D eigenvalue weighted by Gasteiger charge is -2.19. The predicted octanol–water partition coefficient (Wildman–Crippen LogP) is 2.77.